The standard InChI is InChI=1S/2C11H7Cl2N3O/c2*1-2-10(17)8-5-7(12)3-4-9(8)16-6-11(13)14-15-16/h2*2-6H,1H2. The molecule has 0 spiro atoms. The van der Waals surface area contributed by atoms with Gasteiger partial charge in [0.05, 0.1) is 23.8 Å². The Balaban J connectivity index is 0.000000191. The van der Waals surface area contributed by atoms with E-state index in [9.17, 15) is 9.59 Å². The van der Waals surface area contributed by atoms with Crippen LogP contribution in [0.1, 0.15) is 20.7 Å². The van der Waals surface area contributed by atoms with Crippen LogP contribution in [0.25, 0.3) is 11.4 Å². The summed E-state index contributed by atoms with van der Waals surface area (Å²) in [5.41, 5.74) is 1.90. The van der Waals surface area contributed by atoms with Gasteiger partial charge in [0.15, 0.2) is 21.9 Å². The molecule has 0 aliphatic carbocycles. The summed E-state index contributed by atoms with van der Waals surface area (Å²) in [6, 6.07) is 9.76. The van der Waals surface area contributed by atoms with Crippen LogP contribution in [-0.4, -0.2) is 41.6 Å². The number of halogens is 4. The van der Waals surface area contributed by atoms with Crippen LogP contribution in [0.15, 0.2) is 74.1 Å². The number of carbonyl (C=O) groups is 2. The fourth-order valence-electron chi connectivity index (χ4n) is 2.75. The molecule has 0 aliphatic rings. The van der Waals surface area contributed by atoms with E-state index in [-0.39, 0.29) is 21.9 Å². The molecule has 2 aromatic carbocycles. The van der Waals surface area contributed by atoms with Gasteiger partial charge in [-0.3, -0.25) is 9.59 Å². The number of carbonyl (C=O) groups excluding carboxylic acids is 2. The average molecular weight is 536 g/mol. The van der Waals surface area contributed by atoms with E-state index in [2.05, 4.69) is 33.8 Å². The van der Waals surface area contributed by atoms with Gasteiger partial charge in [-0.25, -0.2) is 9.36 Å². The van der Waals surface area contributed by atoms with E-state index in [4.69, 9.17) is 46.4 Å². The van der Waals surface area contributed by atoms with Crippen molar-refractivity contribution in [1.29, 1.82) is 0 Å². The topological polar surface area (TPSA) is 95.6 Å². The Kier molecular flexibility index (Phi) is 8.36. The third kappa shape index (κ3) is 5.98. The van der Waals surface area contributed by atoms with Gasteiger partial charge in [0.1, 0.15) is 0 Å². The molecule has 0 amide bonds. The third-order valence-corrected chi connectivity index (χ3v) is 5.06. The lowest BCUT2D eigenvalue weighted by Crippen LogP contribution is -2.04. The van der Waals surface area contributed by atoms with Crippen LogP contribution < -0.4 is 0 Å². The van der Waals surface area contributed by atoms with Gasteiger partial charge in [-0.1, -0.05) is 70.0 Å². The third-order valence-electron chi connectivity index (χ3n) is 4.24. The molecule has 0 bridgehead atoms. The first-order valence-electron chi connectivity index (χ1n) is 9.32. The summed E-state index contributed by atoms with van der Waals surface area (Å²) in [5.74, 6) is -0.483. The Labute approximate surface area is 214 Å². The first-order valence-corrected chi connectivity index (χ1v) is 10.8. The molecule has 8 nitrogen and oxygen atoms in total. The van der Waals surface area contributed by atoms with Gasteiger partial charge in [0, 0.05) is 21.2 Å². The van der Waals surface area contributed by atoms with Crippen molar-refractivity contribution in [2.45, 2.75) is 0 Å². The Morgan fingerprint density at radius 1 is 0.706 bits per heavy atom. The van der Waals surface area contributed by atoms with Crippen molar-refractivity contribution in [3.63, 3.8) is 0 Å². The van der Waals surface area contributed by atoms with Gasteiger partial charge in [-0.15, -0.1) is 10.2 Å². The maximum atomic E-state index is 11.7. The van der Waals surface area contributed by atoms with Gasteiger partial charge < -0.3 is 0 Å². The Morgan fingerprint density at radius 2 is 1.09 bits per heavy atom. The number of nitrogens with zero attached hydrogens (tertiary/aromatic N) is 6. The van der Waals surface area contributed by atoms with Crippen LogP contribution in [0.2, 0.25) is 20.4 Å². The number of hydrogen-bond donors (Lipinski definition) is 0. The molecule has 2 aromatic heterocycles. The zero-order valence-electron chi connectivity index (χ0n) is 17.2. The molecule has 4 aromatic rings. The number of allylic oxidation sites excluding steroid dienone is 2. The fraction of sp³-hybridized carbons (Fsp3) is 0. The Hall–Kier alpha value is -3.30. The minimum absolute atomic E-state index is 0.242. The molecule has 0 saturated heterocycles. The van der Waals surface area contributed by atoms with Gasteiger partial charge in [0.2, 0.25) is 0 Å². The first-order chi connectivity index (χ1) is 16.2. The van der Waals surface area contributed by atoms with E-state index in [1.165, 1.54) is 33.9 Å². The number of aromatic nitrogens is 6. The highest BCUT2D eigenvalue weighted by Crippen LogP contribution is 2.22. The molecule has 0 saturated carbocycles. The van der Waals surface area contributed by atoms with E-state index >= 15 is 0 Å². The highest BCUT2D eigenvalue weighted by Gasteiger charge is 2.13. The van der Waals surface area contributed by atoms with Crippen molar-refractivity contribution in [3.8, 4) is 11.4 Å². The van der Waals surface area contributed by atoms with Crippen molar-refractivity contribution in [2.24, 2.45) is 0 Å². The highest BCUT2D eigenvalue weighted by molar-refractivity contribution is 6.31. The summed E-state index contributed by atoms with van der Waals surface area (Å²) < 4.78 is 2.82. The molecule has 0 radical (unpaired) electrons. The number of ketones is 2. The van der Waals surface area contributed by atoms with Crippen LogP contribution >= 0.6 is 46.4 Å². The molecule has 12 heteroatoms. The molecular formula is C22H14Cl4N6O2. The fourth-order valence-corrected chi connectivity index (χ4v) is 3.35. The lowest BCUT2D eigenvalue weighted by atomic mass is 10.1. The summed E-state index contributed by atoms with van der Waals surface area (Å²) in [7, 11) is 0. The maximum Gasteiger partial charge on any atom is 0.187 e. The molecule has 2 heterocycles. The van der Waals surface area contributed by atoms with Crippen LogP contribution in [0, 0.1) is 0 Å². The zero-order valence-corrected chi connectivity index (χ0v) is 20.2. The lowest BCUT2D eigenvalue weighted by Gasteiger charge is -2.06. The number of benzene rings is 2. The number of hydrogen-bond acceptors (Lipinski definition) is 6. The minimum Gasteiger partial charge on any atom is -0.289 e. The summed E-state index contributed by atoms with van der Waals surface area (Å²) in [4.78, 5) is 23.4. The second kappa shape index (κ2) is 11.2. The normalized spacial score (nSPS) is 10.2. The van der Waals surface area contributed by atoms with Crippen molar-refractivity contribution >= 4 is 58.0 Å². The Bertz CT molecular complexity index is 1290. The van der Waals surface area contributed by atoms with Gasteiger partial charge in [-0.05, 0) is 48.6 Å². The zero-order chi connectivity index (χ0) is 24.8. The monoisotopic (exact) mass is 534 g/mol. The van der Waals surface area contributed by atoms with Gasteiger partial charge >= 0.3 is 0 Å². The van der Waals surface area contributed by atoms with Crippen molar-refractivity contribution in [2.75, 3.05) is 0 Å². The summed E-state index contributed by atoms with van der Waals surface area (Å²) in [6.07, 6.45) is 5.44. The lowest BCUT2D eigenvalue weighted by molar-refractivity contribution is 0.103. The van der Waals surface area contributed by atoms with E-state index in [0.717, 1.165) is 0 Å². The SMILES string of the molecule is C=CC(=O)c1cc(Cl)ccc1-n1cc(Cl)nn1.C=CC(=O)c1cc(Cl)ccc1-n1cc(Cl)nn1. The van der Waals surface area contributed by atoms with Crippen LogP contribution in [0.4, 0.5) is 0 Å². The highest BCUT2D eigenvalue weighted by atomic mass is 35.5. The summed E-state index contributed by atoms with van der Waals surface area (Å²) in [6.45, 7) is 6.89. The van der Waals surface area contributed by atoms with Crippen molar-refractivity contribution < 1.29 is 9.59 Å². The van der Waals surface area contributed by atoms with Gasteiger partial charge in [-0.2, -0.15) is 0 Å². The summed E-state index contributed by atoms with van der Waals surface area (Å²) >= 11 is 23.1. The maximum absolute atomic E-state index is 11.7. The first kappa shape index (κ1) is 25.3. The molecule has 0 unspecified atom stereocenters. The molecule has 0 N–H and O–H groups in total. The van der Waals surface area contributed by atoms with Crippen molar-refractivity contribution in [1.82, 2.24) is 30.0 Å². The van der Waals surface area contributed by atoms with Gasteiger partial charge in [0.25, 0.3) is 0 Å². The van der Waals surface area contributed by atoms with E-state index in [1.54, 1.807) is 36.4 Å². The van der Waals surface area contributed by atoms with Crippen LogP contribution in [0.3, 0.4) is 0 Å². The molecule has 172 valence electrons. The molecule has 34 heavy (non-hydrogen) atoms. The van der Waals surface area contributed by atoms with Crippen LogP contribution in [0.5, 0.6) is 0 Å². The second-order valence-corrected chi connectivity index (χ2v) is 8.08. The molecular weight excluding hydrogens is 522 g/mol. The van der Waals surface area contributed by atoms with E-state index in [1.807, 2.05) is 0 Å². The largest absolute Gasteiger partial charge is 0.289 e. The van der Waals surface area contributed by atoms with Crippen molar-refractivity contribution in [3.05, 3.63) is 106 Å². The van der Waals surface area contributed by atoms with Crippen LogP contribution in [-0.2, 0) is 0 Å². The predicted octanol–water partition coefficient (Wildman–Crippen LogP) is 5.89. The smallest absolute Gasteiger partial charge is 0.187 e. The Morgan fingerprint density at radius 3 is 1.38 bits per heavy atom. The second-order valence-electron chi connectivity index (χ2n) is 6.43. The molecule has 0 atom stereocenters. The van der Waals surface area contributed by atoms with E-state index < -0.39 is 0 Å². The minimum atomic E-state index is -0.242. The molecule has 0 aliphatic heterocycles. The molecule has 0 fully saturated rings. The summed E-state index contributed by atoms with van der Waals surface area (Å²) in [5, 5.41) is 16.3. The van der Waals surface area contributed by atoms with E-state index in [0.29, 0.717) is 32.5 Å². The molecule has 4 rings (SSSR count). The number of rotatable bonds is 6. The quantitative estimate of drug-likeness (QED) is 0.226. The average Bonchev–Trinajstić information content (AvgIpc) is 3.46. The predicted molar refractivity (Wildman–Crippen MR) is 132 cm³/mol.